The number of carbonyl (C=O) groups is 1. The van der Waals surface area contributed by atoms with Crippen LogP contribution < -0.4 is 5.73 Å². The lowest BCUT2D eigenvalue weighted by atomic mass is 10.1. The molecule has 0 saturated carbocycles. The number of halogens is 1. The maximum Gasteiger partial charge on any atom is 0.339 e. The number of aryl methyl sites for hydroxylation is 1. The highest BCUT2D eigenvalue weighted by atomic mass is 35.5. The van der Waals surface area contributed by atoms with Crippen molar-refractivity contribution in [3.8, 4) is 0 Å². The van der Waals surface area contributed by atoms with Crippen LogP contribution in [0.2, 0.25) is 0 Å². The Morgan fingerprint density at radius 1 is 1.15 bits per heavy atom. The summed E-state index contributed by atoms with van der Waals surface area (Å²) in [6.07, 6.45) is 0.519. The highest BCUT2D eigenvalue weighted by molar-refractivity contribution is 7.89. The maximum absolute atomic E-state index is 13.3. The molecule has 0 amide bonds. The molecule has 0 saturated heterocycles. The minimum Gasteiger partial charge on any atom is -0.465 e. The third-order valence-electron chi connectivity index (χ3n) is 3.97. The number of benzene rings is 2. The average molecular weight is 413 g/mol. The summed E-state index contributed by atoms with van der Waals surface area (Å²) in [5.41, 5.74) is 7.26. The van der Waals surface area contributed by atoms with Gasteiger partial charge < -0.3 is 10.5 Å². The molecule has 27 heavy (non-hydrogen) atoms. The van der Waals surface area contributed by atoms with Crippen LogP contribution >= 0.6 is 12.4 Å². The first kappa shape index (κ1) is 23.1. The number of methoxy groups -OCH3 is 1. The van der Waals surface area contributed by atoms with Crippen LogP contribution in [0.25, 0.3) is 0 Å². The molecule has 2 aromatic rings. The number of ether oxygens (including phenoxy) is 1. The van der Waals surface area contributed by atoms with Gasteiger partial charge in [-0.15, -0.1) is 12.4 Å². The third-order valence-corrected chi connectivity index (χ3v) is 5.87. The van der Waals surface area contributed by atoms with Crippen molar-refractivity contribution >= 4 is 28.4 Å². The SMILES string of the molecule is COC(=O)c1cc(C)ccc1S(=O)(=O)N(CCCN)Cc1ccccc1.Cl. The molecule has 0 unspecified atom stereocenters. The van der Waals surface area contributed by atoms with Crippen LogP contribution in [-0.2, 0) is 21.3 Å². The Kier molecular flexibility index (Phi) is 8.92. The molecule has 2 aromatic carbocycles. The highest BCUT2D eigenvalue weighted by Crippen LogP contribution is 2.24. The van der Waals surface area contributed by atoms with Gasteiger partial charge in [-0.2, -0.15) is 4.31 Å². The van der Waals surface area contributed by atoms with E-state index in [1.165, 1.54) is 23.5 Å². The van der Waals surface area contributed by atoms with Gasteiger partial charge in [0.2, 0.25) is 10.0 Å². The topological polar surface area (TPSA) is 89.7 Å². The summed E-state index contributed by atoms with van der Waals surface area (Å²) in [7, 11) is -2.66. The molecule has 148 valence electrons. The van der Waals surface area contributed by atoms with Crippen molar-refractivity contribution in [3.05, 3.63) is 65.2 Å². The molecule has 6 nitrogen and oxygen atoms in total. The molecule has 0 atom stereocenters. The molecule has 0 aliphatic rings. The van der Waals surface area contributed by atoms with Crippen LogP contribution in [0.4, 0.5) is 0 Å². The molecule has 2 rings (SSSR count). The van der Waals surface area contributed by atoms with Crippen LogP contribution in [0.5, 0.6) is 0 Å². The standard InChI is InChI=1S/C19H24N2O4S.ClH/c1-15-9-10-18(17(13-15)19(22)25-2)26(23,24)21(12-6-11-20)14-16-7-4-3-5-8-16;/h3-5,7-10,13H,6,11-12,14,20H2,1-2H3;1H. The number of hydrogen-bond acceptors (Lipinski definition) is 5. The summed E-state index contributed by atoms with van der Waals surface area (Å²) in [6.45, 7) is 2.64. The molecule has 2 N–H and O–H groups in total. The zero-order valence-electron chi connectivity index (χ0n) is 15.4. The van der Waals surface area contributed by atoms with Gasteiger partial charge in [0.15, 0.2) is 0 Å². The number of nitrogens with zero attached hydrogens (tertiary/aromatic N) is 1. The Bertz CT molecular complexity index is 857. The summed E-state index contributed by atoms with van der Waals surface area (Å²) in [6, 6.07) is 14.0. The second-order valence-corrected chi connectivity index (χ2v) is 7.86. The van der Waals surface area contributed by atoms with E-state index in [2.05, 4.69) is 0 Å². The minimum absolute atomic E-state index is 0. The smallest absolute Gasteiger partial charge is 0.339 e. The molecule has 0 spiro atoms. The van der Waals surface area contributed by atoms with E-state index in [1.54, 1.807) is 13.0 Å². The predicted octanol–water partition coefficient (Wildman–Crippen LogP) is 2.74. The van der Waals surface area contributed by atoms with E-state index in [4.69, 9.17) is 10.5 Å². The molecule has 8 heteroatoms. The summed E-state index contributed by atoms with van der Waals surface area (Å²) in [5.74, 6) is -0.675. The normalized spacial score (nSPS) is 11.1. The first-order chi connectivity index (χ1) is 12.4. The fraction of sp³-hybridized carbons (Fsp3) is 0.316. The van der Waals surface area contributed by atoms with Gasteiger partial charge in [-0.3, -0.25) is 0 Å². The molecule has 0 aliphatic carbocycles. The van der Waals surface area contributed by atoms with Gasteiger partial charge in [0, 0.05) is 13.1 Å². The van der Waals surface area contributed by atoms with Gasteiger partial charge in [-0.1, -0.05) is 42.0 Å². The van der Waals surface area contributed by atoms with Crippen molar-refractivity contribution < 1.29 is 17.9 Å². The van der Waals surface area contributed by atoms with Crippen LogP contribution in [0, 0.1) is 6.92 Å². The number of esters is 1. The Hall–Kier alpha value is -1.93. The Morgan fingerprint density at radius 2 is 1.81 bits per heavy atom. The van der Waals surface area contributed by atoms with Gasteiger partial charge in [0.25, 0.3) is 0 Å². The minimum atomic E-state index is -3.90. The summed E-state index contributed by atoms with van der Waals surface area (Å²) >= 11 is 0. The molecule has 0 aromatic heterocycles. The van der Waals surface area contributed by atoms with E-state index in [-0.39, 0.29) is 36.0 Å². The summed E-state index contributed by atoms with van der Waals surface area (Å²) in [4.78, 5) is 12.1. The van der Waals surface area contributed by atoms with Gasteiger partial charge in [-0.25, -0.2) is 13.2 Å². The Balaban J connectivity index is 0.00000364. The van der Waals surface area contributed by atoms with E-state index in [9.17, 15) is 13.2 Å². The molecule has 0 aliphatic heterocycles. The van der Waals surface area contributed by atoms with E-state index in [0.29, 0.717) is 13.0 Å². The summed E-state index contributed by atoms with van der Waals surface area (Å²) < 4.78 is 32.7. The predicted molar refractivity (Wildman–Crippen MR) is 107 cm³/mol. The van der Waals surface area contributed by atoms with Crippen LogP contribution in [0.3, 0.4) is 0 Å². The largest absolute Gasteiger partial charge is 0.465 e. The number of sulfonamides is 1. The van der Waals surface area contributed by atoms with Crippen molar-refractivity contribution in [1.29, 1.82) is 0 Å². The number of nitrogens with two attached hydrogens (primary N) is 1. The Morgan fingerprint density at radius 3 is 2.41 bits per heavy atom. The van der Waals surface area contributed by atoms with E-state index < -0.39 is 16.0 Å². The van der Waals surface area contributed by atoms with Crippen molar-refractivity contribution in [3.63, 3.8) is 0 Å². The van der Waals surface area contributed by atoms with Crippen molar-refractivity contribution in [1.82, 2.24) is 4.31 Å². The summed E-state index contributed by atoms with van der Waals surface area (Å²) in [5, 5.41) is 0. The first-order valence-corrected chi connectivity index (χ1v) is 9.77. The van der Waals surface area contributed by atoms with Crippen molar-refractivity contribution in [2.45, 2.75) is 24.8 Å². The van der Waals surface area contributed by atoms with E-state index in [1.807, 2.05) is 30.3 Å². The molecule has 0 heterocycles. The molecule has 0 radical (unpaired) electrons. The van der Waals surface area contributed by atoms with E-state index >= 15 is 0 Å². The van der Waals surface area contributed by atoms with Gasteiger partial charge in [-0.05, 0) is 37.6 Å². The molecule has 0 fully saturated rings. The quantitative estimate of drug-likeness (QED) is 0.673. The van der Waals surface area contributed by atoms with Gasteiger partial charge in [0.05, 0.1) is 17.6 Å². The van der Waals surface area contributed by atoms with Crippen molar-refractivity contribution in [2.75, 3.05) is 20.2 Å². The van der Waals surface area contributed by atoms with E-state index in [0.717, 1.165) is 11.1 Å². The van der Waals surface area contributed by atoms with Crippen molar-refractivity contribution in [2.24, 2.45) is 5.73 Å². The fourth-order valence-corrected chi connectivity index (χ4v) is 4.24. The third kappa shape index (κ3) is 5.77. The molecule has 0 bridgehead atoms. The monoisotopic (exact) mass is 412 g/mol. The lowest BCUT2D eigenvalue weighted by molar-refractivity contribution is 0.0596. The molecular weight excluding hydrogens is 388 g/mol. The van der Waals surface area contributed by atoms with Crippen LogP contribution in [0.1, 0.15) is 27.9 Å². The molecular formula is C19H25ClN2O4S. The van der Waals surface area contributed by atoms with Crippen LogP contribution in [0.15, 0.2) is 53.4 Å². The lowest BCUT2D eigenvalue weighted by Crippen LogP contribution is -2.33. The fourth-order valence-electron chi connectivity index (χ4n) is 2.62. The zero-order chi connectivity index (χ0) is 19.2. The van der Waals surface area contributed by atoms with Crippen LogP contribution in [-0.4, -0.2) is 38.9 Å². The number of rotatable bonds is 8. The Labute approximate surface area is 166 Å². The van der Waals surface area contributed by atoms with Gasteiger partial charge >= 0.3 is 5.97 Å². The second-order valence-electron chi connectivity index (χ2n) is 5.96. The highest BCUT2D eigenvalue weighted by Gasteiger charge is 2.29. The lowest BCUT2D eigenvalue weighted by Gasteiger charge is -2.23. The number of carbonyl (C=O) groups excluding carboxylic acids is 1. The zero-order valence-corrected chi connectivity index (χ0v) is 17.1. The maximum atomic E-state index is 13.3. The van der Waals surface area contributed by atoms with Gasteiger partial charge in [0.1, 0.15) is 0 Å². The first-order valence-electron chi connectivity index (χ1n) is 8.33. The second kappa shape index (κ2) is 10.4. The average Bonchev–Trinajstić information content (AvgIpc) is 2.64. The number of hydrogen-bond donors (Lipinski definition) is 1.